The fourth-order valence-electron chi connectivity index (χ4n) is 1.75. The zero-order chi connectivity index (χ0) is 14.7. The number of carbonyl (C=O) groups is 1. The first-order valence-electron chi connectivity index (χ1n) is 5.57. The van der Waals surface area contributed by atoms with Gasteiger partial charge in [0.1, 0.15) is 24.0 Å². The van der Waals surface area contributed by atoms with E-state index >= 15 is 0 Å². The maximum atomic E-state index is 11.3. The van der Waals surface area contributed by atoms with Crippen molar-refractivity contribution in [3.63, 3.8) is 0 Å². The maximum Gasteiger partial charge on any atom is 0.348 e. The van der Waals surface area contributed by atoms with Crippen molar-refractivity contribution in [2.75, 3.05) is 13.7 Å². The first-order chi connectivity index (χ1) is 9.55. The summed E-state index contributed by atoms with van der Waals surface area (Å²) in [4.78, 5) is 11.3. The molecular weight excluding hydrogens is 301 g/mol. The largest absolute Gasteiger partial charge is 0.487 e. The van der Waals surface area contributed by atoms with Gasteiger partial charge in [0.25, 0.3) is 0 Å². The molecule has 0 aromatic heterocycles. The van der Waals surface area contributed by atoms with Crippen LogP contribution in [0.25, 0.3) is 6.08 Å². The molecule has 6 heteroatoms. The van der Waals surface area contributed by atoms with E-state index in [2.05, 4.69) is 4.74 Å². The predicted octanol–water partition coefficient (Wildman–Crippen LogP) is 3.39. The van der Waals surface area contributed by atoms with E-state index in [1.807, 2.05) is 0 Å². The molecule has 0 aliphatic carbocycles. The van der Waals surface area contributed by atoms with Gasteiger partial charge in [-0.15, -0.1) is 0 Å². The number of hydrogen-bond acceptors (Lipinski definition) is 4. The van der Waals surface area contributed by atoms with Crippen molar-refractivity contribution in [1.29, 1.82) is 5.26 Å². The zero-order valence-electron chi connectivity index (χ0n) is 10.4. The molecule has 0 N–H and O–H groups in total. The molecule has 0 fully saturated rings. The number of methoxy groups -OCH3 is 1. The minimum absolute atomic E-state index is 0.0982. The minimum atomic E-state index is -0.691. The number of halogens is 2. The van der Waals surface area contributed by atoms with Gasteiger partial charge in [0.2, 0.25) is 0 Å². The number of hydrogen-bond donors (Lipinski definition) is 0. The summed E-state index contributed by atoms with van der Waals surface area (Å²) in [6.07, 6.45) is 3.18. The van der Waals surface area contributed by atoms with Crippen LogP contribution in [0.5, 0.6) is 5.75 Å². The molecule has 2 rings (SSSR count). The summed E-state index contributed by atoms with van der Waals surface area (Å²) >= 11 is 11.9. The second-order valence-electron chi connectivity index (χ2n) is 3.98. The van der Waals surface area contributed by atoms with Crippen LogP contribution in [0.4, 0.5) is 0 Å². The van der Waals surface area contributed by atoms with E-state index in [1.165, 1.54) is 13.2 Å². The van der Waals surface area contributed by atoms with Crippen LogP contribution in [-0.2, 0) is 9.53 Å². The Labute approximate surface area is 125 Å². The molecule has 1 aromatic rings. The third kappa shape index (κ3) is 2.96. The molecule has 0 saturated carbocycles. The van der Waals surface area contributed by atoms with E-state index < -0.39 is 5.97 Å². The van der Waals surface area contributed by atoms with Crippen LogP contribution >= 0.6 is 23.2 Å². The van der Waals surface area contributed by atoms with Gasteiger partial charge in [0, 0.05) is 10.6 Å². The zero-order valence-corrected chi connectivity index (χ0v) is 12.0. The number of nitrogens with zero attached hydrogens (tertiary/aromatic N) is 1. The van der Waals surface area contributed by atoms with Gasteiger partial charge in [-0.1, -0.05) is 23.2 Å². The average molecular weight is 310 g/mol. The van der Waals surface area contributed by atoms with Crippen molar-refractivity contribution in [3.05, 3.63) is 45.0 Å². The lowest BCUT2D eigenvalue weighted by molar-refractivity contribution is -0.135. The monoisotopic (exact) mass is 309 g/mol. The molecule has 0 spiro atoms. The highest BCUT2D eigenvalue weighted by molar-refractivity contribution is 6.36. The molecule has 4 nitrogen and oxygen atoms in total. The first-order valence-corrected chi connectivity index (χ1v) is 6.33. The number of rotatable bonds is 2. The molecule has 0 atom stereocenters. The van der Waals surface area contributed by atoms with Crippen LogP contribution in [0.3, 0.4) is 0 Å². The fraction of sp³-hybridized carbons (Fsp3) is 0.143. The normalized spacial score (nSPS) is 13.7. The van der Waals surface area contributed by atoms with Crippen LogP contribution in [-0.4, -0.2) is 19.7 Å². The summed E-state index contributed by atoms with van der Waals surface area (Å²) in [6, 6.07) is 5.07. The smallest absolute Gasteiger partial charge is 0.348 e. The molecule has 1 aliphatic rings. The molecule has 0 saturated heterocycles. The minimum Gasteiger partial charge on any atom is -0.487 e. The van der Waals surface area contributed by atoms with E-state index in [0.717, 1.165) is 0 Å². The highest BCUT2D eigenvalue weighted by atomic mass is 35.5. The van der Waals surface area contributed by atoms with Gasteiger partial charge in [-0.3, -0.25) is 0 Å². The van der Waals surface area contributed by atoms with Crippen LogP contribution in [0.15, 0.2) is 29.4 Å². The molecule has 0 radical (unpaired) electrons. The molecule has 0 unspecified atom stereocenters. The van der Waals surface area contributed by atoms with Crippen molar-refractivity contribution in [2.24, 2.45) is 0 Å². The number of carbonyl (C=O) groups excluding carboxylic acids is 1. The second-order valence-corrected chi connectivity index (χ2v) is 4.82. The number of fused-ring (bicyclic) bond motifs is 1. The standard InChI is InChI=1S/C14H9Cl2NO3/c1-19-14(18)10(6-17)3-8-2-9-4-11(15)5-12(16)13(9)20-7-8/h2-5H,7H2,1H3/b10-3-. The predicted molar refractivity (Wildman–Crippen MR) is 75.6 cm³/mol. The third-order valence-corrected chi connectivity index (χ3v) is 3.12. The van der Waals surface area contributed by atoms with E-state index in [4.69, 9.17) is 33.2 Å². The van der Waals surface area contributed by atoms with Crippen LogP contribution in [0.1, 0.15) is 5.56 Å². The molecule has 1 aliphatic heterocycles. The third-order valence-electron chi connectivity index (χ3n) is 2.62. The van der Waals surface area contributed by atoms with Gasteiger partial charge in [0.05, 0.1) is 12.1 Å². The Bertz CT molecular complexity index is 672. The van der Waals surface area contributed by atoms with Crippen molar-refractivity contribution in [3.8, 4) is 11.8 Å². The molecule has 102 valence electrons. The highest BCUT2D eigenvalue weighted by Gasteiger charge is 2.17. The van der Waals surface area contributed by atoms with E-state index in [-0.39, 0.29) is 12.2 Å². The Balaban J connectivity index is 2.41. The molecular formula is C14H9Cl2NO3. The SMILES string of the molecule is COC(=O)/C(C#N)=C\C1=Cc2cc(Cl)cc(Cl)c2OC1. The van der Waals surface area contributed by atoms with E-state index in [9.17, 15) is 4.79 Å². The number of nitriles is 1. The Hall–Kier alpha value is -1.96. The van der Waals surface area contributed by atoms with Crippen LogP contribution in [0, 0.1) is 11.3 Å². The molecule has 0 bridgehead atoms. The second kappa shape index (κ2) is 6.00. The lowest BCUT2D eigenvalue weighted by Gasteiger charge is -2.17. The van der Waals surface area contributed by atoms with Crippen molar-refractivity contribution < 1.29 is 14.3 Å². The summed E-state index contributed by atoms with van der Waals surface area (Å²) in [6.45, 7) is 0.205. The summed E-state index contributed by atoms with van der Waals surface area (Å²) < 4.78 is 10.0. The summed E-state index contributed by atoms with van der Waals surface area (Å²) in [7, 11) is 1.22. The Morgan fingerprint density at radius 1 is 1.50 bits per heavy atom. The van der Waals surface area contributed by atoms with Gasteiger partial charge in [-0.25, -0.2) is 4.79 Å². The topological polar surface area (TPSA) is 59.3 Å². The quantitative estimate of drug-likeness (QED) is 0.477. The molecule has 1 heterocycles. The number of ether oxygens (including phenoxy) is 2. The van der Waals surface area contributed by atoms with Gasteiger partial charge in [-0.05, 0) is 29.9 Å². The van der Waals surface area contributed by atoms with Crippen molar-refractivity contribution in [1.82, 2.24) is 0 Å². The molecule has 1 aromatic carbocycles. The Morgan fingerprint density at radius 2 is 2.25 bits per heavy atom. The van der Waals surface area contributed by atoms with Gasteiger partial charge >= 0.3 is 5.97 Å². The number of benzene rings is 1. The molecule has 20 heavy (non-hydrogen) atoms. The maximum absolute atomic E-state index is 11.3. The van der Waals surface area contributed by atoms with Crippen molar-refractivity contribution >= 4 is 35.2 Å². The van der Waals surface area contributed by atoms with E-state index in [0.29, 0.717) is 26.9 Å². The highest BCUT2D eigenvalue weighted by Crippen LogP contribution is 2.36. The summed E-state index contributed by atoms with van der Waals surface area (Å²) in [5, 5.41) is 9.81. The first kappa shape index (κ1) is 14.4. The van der Waals surface area contributed by atoms with E-state index in [1.54, 1.807) is 24.3 Å². The van der Waals surface area contributed by atoms with Gasteiger partial charge in [0.15, 0.2) is 0 Å². The van der Waals surface area contributed by atoms with Crippen LogP contribution < -0.4 is 4.74 Å². The average Bonchev–Trinajstić information content (AvgIpc) is 2.43. The van der Waals surface area contributed by atoms with Gasteiger partial charge in [-0.2, -0.15) is 5.26 Å². The Morgan fingerprint density at radius 3 is 2.90 bits per heavy atom. The lowest BCUT2D eigenvalue weighted by atomic mass is 10.1. The molecule has 0 amide bonds. The van der Waals surface area contributed by atoms with Gasteiger partial charge < -0.3 is 9.47 Å². The Kier molecular flexibility index (Phi) is 4.33. The van der Waals surface area contributed by atoms with Crippen LogP contribution in [0.2, 0.25) is 10.0 Å². The summed E-state index contributed by atoms with van der Waals surface area (Å²) in [5.74, 6) is -0.159. The lowest BCUT2D eigenvalue weighted by Crippen LogP contribution is -2.09. The summed E-state index contributed by atoms with van der Waals surface area (Å²) in [5.41, 5.74) is 1.25. The fourth-order valence-corrected chi connectivity index (χ4v) is 2.32. The van der Waals surface area contributed by atoms with Crippen molar-refractivity contribution in [2.45, 2.75) is 0 Å². The number of esters is 1.